The molecule has 2 N–H and O–H groups in total. The first-order chi connectivity index (χ1) is 15.3. The number of hydrogen-bond donors (Lipinski definition) is 2. The largest absolute Gasteiger partial charge is 0.494 e. The molecule has 0 radical (unpaired) electrons. The van der Waals surface area contributed by atoms with Crippen LogP contribution in [0.2, 0.25) is 10.0 Å². The summed E-state index contributed by atoms with van der Waals surface area (Å²) in [5.74, 6) is 0.00926. The molecule has 0 unspecified atom stereocenters. The lowest BCUT2D eigenvalue weighted by Crippen LogP contribution is -2.45. The van der Waals surface area contributed by atoms with Crippen molar-refractivity contribution in [3.8, 4) is 5.75 Å². The number of sulfonamides is 1. The molecule has 0 bridgehead atoms. The van der Waals surface area contributed by atoms with Gasteiger partial charge in [-0.05, 0) is 61.4 Å². The predicted molar refractivity (Wildman–Crippen MR) is 127 cm³/mol. The second kappa shape index (κ2) is 10.8. The molecule has 32 heavy (non-hydrogen) atoms. The van der Waals surface area contributed by atoms with Crippen LogP contribution in [0.3, 0.4) is 0 Å². The minimum atomic E-state index is -3.99. The van der Waals surface area contributed by atoms with Gasteiger partial charge in [0.1, 0.15) is 11.8 Å². The second-order valence-corrected chi connectivity index (χ2v) is 9.44. The van der Waals surface area contributed by atoms with Crippen molar-refractivity contribution in [1.29, 1.82) is 0 Å². The highest BCUT2D eigenvalue weighted by Gasteiger charge is 2.26. The Kier molecular flexibility index (Phi) is 8.15. The number of rotatable bonds is 9. The van der Waals surface area contributed by atoms with Gasteiger partial charge in [-0.3, -0.25) is 4.79 Å². The fourth-order valence-corrected chi connectivity index (χ4v) is 4.64. The van der Waals surface area contributed by atoms with Gasteiger partial charge in [0.2, 0.25) is 15.9 Å². The fourth-order valence-electron chi connectivity index (χ4n) is 2.99. The third-order valence-electron chi connectivity index (χ3n) is 4.53. The van der Waals surface area contributed by atoms with E-state index in [1.807, 2.05) is 37.3 Å². The van der Waals surface area contributed by atoms with E-state index in [0.717, 1.165) is 5.56 Å². The van der Waals surface area contributed by atoms with E-state index in [4.69, 9.17) is 27.9 Å². The summed E-state index contributed by atoms with van der Waals surface area (Å²) in [5, 5.41) is 3.35. The molecule has 0 saturated heterocycles. The van der Waals surface area contributed by atoms with Crippen molar-refractivity contribution in [1.82, 2.24) is 4.72 Å². The summed E-state index contributed by atoms with van der Waals surface area (Å²) in [6.07, 6.45) is 0.147. The summed E-state index contributed by atoms with van der Waals surface area (Å²) in [6.45, 7) is 2.31. The minimum Gasteiger partial charge on any atom is -0.494 e. The standard InChI is InChI=1S/C23H22Cl2N2O4S/c1-2-31-18-9-11-19(12-10-18)32(29,30)27-22(14-16-6-4-3-5-7-16)23(28)26-21-13-8-17(24)15-20(21)25/h3-13,15,22,27H,2,14H2,1H3,(H,26,28)/t22-/m1/s1. The van der Waals surface area contributed by atoms with Gasteiger partial charge >= 0.3 is 0 Å². The van der Waals surface area contributed by atoms with Gasteiger partial charge in [0.25, 0.3) is 0 Å². The summed E-state index contributed by atoms with van der Waals surface area (Å²) >= 11 is 12.1. The zero-order valence-corrected chi connectivity index (χ0v) is 19.5. The molecule has 0 aliphatic carbocycles. The third-order valence-corrected chi connectivity index (χ3v) is 6.57. The first-order valence-electron chi connectivity index (χ1n) is 9.83. The van der Waals surface area contributed by atoms with E-state index in [1.165, 1.54) is 18.2 Å². The summed E-state index contributed by atoms with van der Waals surface area (Å²) in [6, 6.07) is 18.7. The number of hydrogen-bond acceptors (Lipinski definition) is 4. The average molecular weight is 493 g/mol. The first-order valence-corrected chi connectivity index (χ1v) is 12.1. The molecular weight excluding hydrogens is 471 g/mol. The Bertz CT molecular complexity index is 1170. The molecule has 0 fully saturated rings. The number of carbonyl (C=O) groups excluding carboxylic acids is 1. The lowest BCUT2D eigenvalue weighted by atomic mass is 10.1. The maximum atomic E-state index is 13.1. The monoisotopic (exact) mass is 492 g/mol. The quantitative estimate of drug-likeness (QED) is 0.443. The van der Waals surface area contributed by atoms with Crippen molar-refractivity contribution < 1.29 is 17.9 Å². The van der Waals surface area contributed by atoms with Crippen molar-refractivity contribution in [2.45, 2.75) is 24.3 Å². The third kappa shape index (κ3) is 6.46. The van der Waals surface area contributed by atoms with Gasteiger partial charge in [-0.25, -0.2) is 8.42 Å². The van der Waals surface area contributed by atoms with Crippen molar-refractivity contribution in [3.05, 3.63) is 88.4 Å². The molecule has 9 heteroatoms. The van der Waals surface area contributed by atoms with Gasteiger partial charge in [0.05, 0.1) is 22.2 Å². The lowest BCUT2D eigenvalue weighted by molar-refractivity contribution is -0.117. The zero-order chi connectivity index (χ0) is 23.1. The second-order valence-electron chi connectivity index (χ2n) is 6.88. The maximum absolute atomic E-state index is 13.1. The molecule has 168 valence electrons. The van der Waals surface area contributed by atoms with E-state index in [0.29, 0.717) is 23.1 Å². The smallest absolute Gasteiger partial charge is 0.242 e. The van der Waals surface area contributed by atoms with Crippen LogP contribution in [0.1, 0.15) is 12.5 Å². The number of anilines is 1. The van der Waals surface area contributed by atoms with Gasteiger partial charge in [0, 0.05) is 5.02 Å². The number of nitrogens with one attached hydrogen (secondary N) is 2. The van der Waals surface area contributed by atoms with Crippen molar-refractivity contribution in [2.75, 3.05) is 11.9 Å². The minimum absolute atomic E-state index is 0.0244. The molecule has 0 saturated carbocycles. The van der Waals surface area contributed by atoms with E-state index in [1.54, 1.807) is 24.3 Å². The lowest BCUT2D eigenvalue weighted by Gasteiger charge is -2.19. The van der Waals surface area contributed by atoms with Crippen LogP contribution < -0.4 is 14.8 Å². The molecule has 0 aliphatic heterocycles. The van der Waals surface area contributed by atoms with Gasteiger partial charge < -0.3 is 10.1 Å². The number of halogens is 2. The van der Waals surface area contributed by atoms with Gasteiger partial charge in [-0.1, -0.05) is 53.5 Å². The highest BCUT2D eigenvalue weighted by molar-refractivity contribution is 7.89. The Balaban J connectivity index is 1.85. The molecule has 0 heterocycles. The normalized spacial score (nSPS) is 12.2. The van der Waals surface area contributed by atoms with Gasteiger partial charge in [-0.2, -0.15) is 4.72 Å². The van der Waals surface area contributed by atoms with Crippen LogP contribution in [-0.4, -0.2) is 27.0 Å². The maximum Gasteiger partial charge on any atom is 0.242 e. The molecule has 1 amide bonds. The van der Waals surface area contributed by atoms with E-state index >= 15 is 0 Å². The Morgan fingerprint density at radius 3 is 2.31 bits per heavy atom. The van der Waals surface area contributed by atoms with E-state index < -0.39 is 22.0 Å². The van der Waals surface area contributed by atoms with Crippen molar-refractivity contribution in [2.24, 2.45) is 0 Å². The number of ether oxygens (including phenoxy) is 1. The molecule has 0 aromatic heterocycles. The fraction of sp³-hybridized carbons (Fsp3) is 0.174. The summed E-state index contributed by atoms with van der Waals surface area (Å²) in [7, 11) is -3.99. The van der Waals surface area contributed by atoms with Crippen LogP contribution in [0.5, 0.6) is 5.75 Å². The van der Waals surface area contributed by atoms with Crippen LogP contribution in [0.15, 0.2) is 77.7 Å². The molecule has 6 nitrogen and oxygen atoms in total. The van der Waals surface area contributed by atoms with Crippen LogP contribution in [0.25, 0.3) is 0 Å². The molecule has 3 rings (SSSR count). The van der Waals surface area contributed by atoms with Gasteiger partial charge in [-0.15, -0.1) is 0 Å². The Hall–Kier alpha value is -2.58. The molecular formula is C23H22Cl2N2O4S. The van der Waals surface area contributed by atoms with E-state index in [-0.39, 0.29) is 16.3 Å². The summed E-state index contributed by atoms with van der Waals surface area (Å²) in [4.78, 5) is 13.1. The van der Waals surface area contributed by atoms with E-state index in [2.05, 4.69) is 10.0 Å². The van der Waals surface area contributed by atoms with Crippen molar-refractivity contribution >= 4 is 44.8 Å². The number of carbonyl (C=O) groups is 1. The average Bonchev–Trinajstić information content (AvgIpc) is 2.76. The number of amides is 1. The predicted octanol–water partition coefficient (Wildman–Crippen LogP) is 4.92. The van der Waals surface area contributed by atoms with Crippen molar-refractivity contribution in [3.63, 3.8) is 0 Å². The summed E-state index contributed by atoms with van der Waals surface area (Å²) < 4.78 is 33.9. The molecule has 0 spiro atoms. The Morgan fingerprint density at radius 1 is 1.00 bits per heavy atom. The first kappa shape index (κ1) is 24.1. The van der Waals surface area contributed by atoms with Gasteiger partial charge in [0.15, 0.2) is 0 Å². The van der Waals surface area contributed by atoms with Crippen LogP contribution >= 0.6 is 23.2 Å². The molecule has 1 atom stereocenters. The Morgan fingerprint density at radius 2 is 1.69 bits per heavy atom. The molecule has 0 aliphatic rings. The van der Waals surface area contributed by atoms with Crippen LogP contribution in [0.4, 0.5) is 5.69 Å². The zero-order valence-electron chi connectivity index (χ0n) is 17.2. The SMILES string of the molecule is CCOc1ccc(S(=O)(=O)N[C@H](Cc2ccccc2)C(=O)Nc2ccc(Cl)cc2Cl)cc1. The molecule has 3 aromatic rings. The van der Waals surface area contributed by atoms with Crippen LogP contribution in [-0.2, 0) is 21.2 Å². The topological polar surface area (TPSA) is 84.5 Å². The number of benzene rings is 3. The van der Waals surface area contributed by atoms with E-state index in [9.17, 15) is 13.2 Å². The summed E-state index contributed by atoms with van der Waals surface area (Å²) in [5.41, 5.74) is 1.13. The highest BCUT2D eigenvalue weighted by atomic mass is 35.5. The Labute approximate surface area is 197 Å². The van der Waals surface area contributed by atoms with Crippen LogP contribution in [0, 0.1) is 0 Å². The molecule has 3 aromatic carbocycles. The highest BCUT2D eigenvalue weighted by Crippen LogP contribution is 2.26.